The van der Waals surface area contributed by atoms with Crippen molar-refractivity contribution in [1.29, 1.82) is 5.26 Å². The minimum atomic E-state index is -1.68. The summed E-state index contributed by atoms with van der Waals surface area (Å²) in [6.07, 6.45) is -12.7. The third kappa shape index (κ3) is 5.06. The molecule has 0 aromatic carbocycles. The summed E-state index contributed by atoms with van der Waals surface area (Å²) in [4.78, 5) is 11.2. The molecule has 2 fully saturated rings. The third-order valence-electron chi connectivity index (χ3n) is 6.33. The van der Waals surface area contributed by atoms with Gasteiger partial charge < -0.3 is 64.6 Å². The lowest BCUT2D eigenvalue weighted by Gasteiger charge is -2.46. The Morgan fingerprint density at radius 1 is 1.00 bits per heavy atom. The number of nitriles is 1. The number of hydrogen-bond donors (Lipinski definition) is 8. The van der Waals surface area contributed by atoms with E-state index < -0.39 is 74.6 Å². The Morgan fingerprint density at radius 2 is 1.68 bits per heavy atom. The quantitative estimate of drug-likeness (QED) is 0.166. The van der Waals surface area contributed by atoms with Crippen LogP contribution in [0.4, 0.5) is 5.95 Å². The zero-order valence-electron chi connectivity index (χ0n) is 19.8. The average Bonchev–Trinajstić information content (AvgIpc) is 3.33. The Kier molecular flexibility index (Phi) is 8.40. The van der Waals surface area contributed by atoms with Gasteiger partial charge >= 0.3 is 0 Å². The largest absolute Gasteiger partial charge is 0.480 e. The van der Waals surface area contributed by atoms with Crippen LogP contribution in [0.3, 0.4) is 0 Å². The molecular weight excluding hydrogens is 498 g/mol. The van der Waals surface area contributed by atoms with Gasteiger partial charge in [0.15, 0.2) is 12.5 Å². The highest BCUT2D eigenvalue weighted by Gasteiger charge is 2.51. The number of aromatic nitrogens is 3. The molecule has 16 heteroatoms. The maximum Gasteiger partial charge on any atom is 0.230 e. The Hall–Kier alpha value is -2.69. The van der Waals surface area contributed by atoms with Crippen molar-refractivity contribution in [2.45, 2.75) is 61.3 Å². The van der Waals surface area contributed by atoms with Crippen molar-refractivity contribution in [2.75, 3.05) is 32.8 Å². The van der Waals surface area contributed by atoms with Crippen LogP contribution in [-0.4, -0.2) is 134 Å². The summed E-state index contributed by atoms with van der Waals surface area (Å²) in [5.41, 5.74) is 0.534. The highest BCUT2D eigenvalue weighted by Crippen LogP contribution is 2.31. The molecule has 8 N–H and O–H groups in total. The predicted molar refractivity (Wildman–Crippen MR) is 120 cm³/mol. The predicted octanol–water partition coefficient (Wildman–Crippen LogP) is -3.47. The minimum Gasteiger partial charge on any atom is -0.480 e. The number of hydrogen-bond acceptors (Lipinski definition) is 15. The number of H-pyrrole nitrogens is 1. The number of aliphatic hydroxyl groups is 6. The van der Waals surface area contributed by atoms with Gasteiger partial charge in [-0.2, -0.15) is 15.2 Å². The minimum absolute atomic E-state index is 0.0749. The van der Waals surface area contributed by atoms with E-state index in [1.807, 2.05) is 6.07 Å². The molecule has 0 aliphatic carbocycles. The van der Waals surface area contributed by atoms with Crippen LogP contribution in [0.15, 0.2) is 6.20 Å². The molecule has 2 aliphatic rings. The number of nitrogens with zero attached hydrogens (tertiary/aromatic N) is 3. The summed E-state index contributed by atoms with van der Waals surface area (Å²) in [5, 5.41) is 74.1. The fraction of sp³-hybridized carbons (Fsp3) is 0.667. The van der Waals surface area contributed by atoms with Gasteiger partial charge in [0.2, 0.25) is 11.8 Å². The summed E-state index contributed by atoms with van der Waals surface area (Å²) >= 11 is 0. The van der Waals surface area contributed by atoms with E-state index in [9.17, 15) is 35.9 Å². The van der Waals surface area contributed by atoms with E-state index in [0.717, 1.165) is 0 Å². The summed E-state index contributed by atoms with van der Waals surface area (Å²) in [6, 6.07) is 1.99. The summed E-state index contributed by atoms with van der Waals surface area (Å²) in [7, 11) is 2.63. The molecule has 37 heavy (non-hydrogen) atoms. The van der Waals surface area contributed by atoms with E-state index in [1.165, 1.54) is 20.4 Å². The van der Waals surface area contributed by atoms with E-state index in [-0.39, 0.29) is 23.0 Å². The van der Waals surface area contributed by atoms with Crippen molar-refractivity contribution in [1.82, 2.24) is 15.0 Å². The van der Waals surface area contributed by atoms with Gasteiger partial charge in [-0.15, -0.1) is 0 Å². The van der Waals surface area contributed by atoms with E-state index in [1.54, 1.807) is 0 Å². The third-order valence-corrected chi connectivity index (χ3v) is 6.33. The second-order valence-electron chi connectivity index (χ2n) is 8.51. The first-order valence-corrected chi connectivity index (χ1v) is 11.3. The molecular formula is C21H29N5O11. The number of aromatic amines is 1. The molecule has 0 saturated carbocycles. The maximum atomic E-state index is 10.8. The molecule has 0 spiro atoms. The number of rotatable bonds is 8. The van der Waals surface area contributed by atoms with Crippen LogP contribution < -0.4 is 10.1 Å². The normalized spacial score (nSPS) is 36.3. The smallest absolute Gasteiger partial charge is 0.230 e. The number of methoxy groups -OCH3 is 2. The van der Waals surface area contributed by atoms with E-state index in [2.05, 4.69) is 20.3 Å². The Morgan fingerprint density at radius 3 is 2.30 bits per heavy atom. The monoisotopic (exact) mass is 527 g/mol. The molecule has 2 aromatic rings. The first kappa shape index (κ1) is 27.3. The SMILES string of the molecule is COc1nc(N[C@@H]2O[C@@H](CO)[C@H](O[C@@H]3O[C@H](CO)[C@H](OC)[C@H](O)[C@@H]3O)[C@H](O)[C@H]2O)nc2[nH]cc(C#N)c12. The molecule has 204 valence electrons. The van der Waals surface area contributed by atoms with Gasteiger partial charge in [0.05, 0.1) is 31.3 Å². The lowest BCUT2D eigenvalue weighted by Crippen LogP contribution is -2.65. The molecule has 0 bridgehead atoms. The van der Waals surface area contributed by atoms with Crippen molar-refractivity contribution in [3.63, 3.8) is 0 Å². The summed E-state index contributed by atoms with van der Waals surface area (Å²) in [5.74, 6) is -0.000546. The van der Waals surface area contributed by atoms with Gasteiger partial charge in [-0.1, -0.05) is 0 Å². The highest BCUT2D eigenvalue weighted by molar-refractivity contribution is 5.88. The number of ether oxygens (including phenoxy) is 5. The first-order chi connectivity index (χ1) is 17.8. The number of aliphatic hydroxyl groups excluding tert-OH is 6. The lowest BCUT2D eigenvalue weighted by molar-refractivity contribution is -0.342. The van der Waals surface area contributed by atoms with Crippen molar-refractivity contribution < 1.29 is 54.3 Å². The van der Waals surface area contributed by atoms with Crippen molar-refractivity contribution in [2.24, 2.45) is 0 Å². The van der Waals surface area contributed by atoms with Gasteiger partial charge in [-0.25, -0.2) is 0 Å². The molecule has 2 saturated heterocycles. The molecule has 0 radical (unpaired) electrons. The summed E-state index contributed by atoms with van der Waals surface area (Å²) < 4.78 is 27.1. The van der Waals surface area contributed by atoms with Crippen LogP contribution in [0.1, 0.15) is 5.56 Å². The molecule has 0 amide bonds. The van der Waals surface area contributed by atoms with Crippen molar-refractivity contribution in [3.05, 3.63) is 11.8 Å². The first-order valence-electron chi connectivity index (χ1n) is 11.3. The maximum absolute atomic E-state index is 10.8. The van der Waals surface area contributed by atoms with Gasteiger partial charge in [0, 0.05) is 13.3 Å². The Bertz CT molecular complexity index is 1110. The zero-order chi connectivity index (χ0) is 26.9. The van der Waals surface area contributed by atoms with Crippen LogP contribution in [0.5, 0.6) is 5.88 Å². The highest BCUT2D eigenvalue weighted by atomic mass is 16.7. The number of fused-ring (bicyclic) bond motifs is 1. The van der Waals surface area contributed by atoms with Crippen LogP contribution in [-0.2, 0) is 18.9 Å². The molecule has 4 rings (SSSR count). The molecule has 0 unspecified atom stereocenters. The number of nitrogens with one attached hydrogen (secondary N) is 2. The average molecular weight is 527 g/mol. The van der Waals surface area contributed by atoms with Crippen LogP contribution >= 0.6 is 0 Å². The van der Waals surface area contributed by atoms with Gasteiger partial charge in [-0.05, 0) is 0 Å². The topological polar surface area (TPSA) is 245 Å². The van der Waals surface area contributed by atoms with Crippen LogP contribution in [0, 0.1) is 11.3 Å². The Labute approximate surface area is 209 Å². The molecule has 16 nitrogen and oxygen atoms in total. The van der Waals surface area contributed by atoms with Gasteiger partial charge in [0.25, 0.3) is 0 Å². The molecule has 4 heterocycles. The molecule has 2 aromatic heterocycles. The lowest BCUT2D eigenvalue weighted by atomic mass is 9.96. The van der Waals surface area contributed by atoms with Crippen LogP contribution in [0.25, 0.3) is 11.0 Å². The van der Waals surface area contributed by atoms with Crippen molar-refractivity contribution >= 4 is 17.0 Å². The van der Waals surface area contributed by atoms with Gasteiger partial charge in [0.1, 0.15) is 60.5 Å². The fourth-order valence-electron chi connectivity index (χ4n) is 4.41. The second kappa shape index (κ2) is 11.4. The summed E-state index contributed by atoms with van der Waals surface area (Å²) in [6.45, 7) is -1.23. The number of anilines is 1. The molecule has 10 atom stereocenters. The molecule has 2 aliphatic heterocycles. The van der Waals surface area contributed by atoms with Crippen LogP contribution in [0.2, 0.25) is 0 Å². The van der Waals surface area contributed by atoms with Gasteiger partial charge in [-0.3, -0.25) is 0 Å². The van der Waals surface area contributed by atoms with E-state index in [4.69, 9.17) is 23.7 Å². The van der Waals surface area contributed by atoms with Crippen molar-refractivity contribution in [3.8, 4) is 11.9 Å². The second-order valence-corrected chi connectivity index (χ2v) is 8.51. The van der Waals surface area contributed by atoms with E-state index in [0.29, 0.717) is 5.39 Å². The zero-order valence-corrected chi connectivity index (χ0v) is 19.8. The standard InChI is InChI=1S/C21H29N5O11/c1-33-15-8(5-27)36-20(14(32)12(15)30)37-16-9(6-28)35-19(13(31)11(16)29)26-21-24-17-10(18(25-21)34-2)7(3-22)4-23-17/h4,8-9,11-16,19-20,27-32H,5-6H2,1-2H3,(H2,23,24,25,26)/t8-,9+,11-,12-,13-,14+,15+,16+,19-,20+/m1/s1. The van der Waals surface area contributed by atoms with E-state index >= 15 is 0 Å². The fourth-order valence-corrected chi connectivity index (χ4v) is 4.41. The Balaban J connectivity index is 1.51.